The summed E-state index contributed by atoms with van der Waals surface area (Å²) in [6, 6.07) is 5.29. The van der Waals surface area contributed by atoms with Crippen molar-refractivity contribution in [1.29, 1.82) is 0 Å². The lowest BCUT2D eigenvalue weighted by Gasteiger charge is -2.39. The van der Waals surface area contributed by atoms with Crippen molar-refractivity contribution in [1.82, 2.24) is 9.80 Å². The van der Waals surface area contributed by atoms with E-state index in [2.05, 4.69) is 0 Å². The fourth-order valence-electron chi connectivity index (χ4n) is 4.29. The SMILES string of the molecule is CN(C)C(=O)c1ccc(OC2CC(CC3CCN(C(=O)OC(C)(C)C)CC3)C2)cc1Cl. The molecule has 0 unspecified atom stereocenters. The van der Waals surface area contributed by atoms with E-state index in [1.807, 2.05) is 31.7 Å². The molecule has 7 heteroatoms. The molecular formula is C24H35ClN2O4. The van der Waals surface area contributed by atoms with Gasteiger partial charge in [0.25, 0.3) is 5.91 Å². The molecule has 1 aliphatic heterocycles. The molecule has 1 saturated heterocycles. The number of nitrogens with zero attached hydrogens (tertiary/aromatic N) is 2. The van der Waals surface area contributed by atoms with Gasteiger partial charge in [-0.2, -0.15) is 0 Å². The summed E-state index contributed by atoms with van der Waals surface area (Å²) in [5.41, 5.74) is 0.0459. The Balaban J connectivity index is 1.38. The number of hydrogen-bond acceptors (Lipinski definition) is 4. The van der Waals surface area contributed by atoms with Crippen LogP contribution in [0.3, 0.4) is 0 Å². The number of rotatable bonds is 5. The summed E-state index contributed by atoms with van der Waals surface area (Å²) in [6.45, 7) is 7.26. The lowest BCUT2D eigenvalue weighted by molar-refractivity contribution is 0.0134. The van der Waals surface area contributed by atoms with Crippen molar-refractivity contribution < 1.29 is 19.1 Å². The first-order valence-electron chi connectivity index (χ1n) is 11.2. The lowest BCUT2D eigenvalue weighted by Crippen LogP contribution is -2.42. The van der Waals surface area contributed by atoms with E-state index in [-0.39, 0.29) is 18.1 Å². The fourth-order valence-corrected chi connectivity index (χ4v) is 4.54. The smallest absolute Gasteiger partial charge is 0.410 e. The third-order valence-electron chi connectivity index (χ3n) is 6.01. The van der Waals surface area contributed by atoms with Crippen molar-refractivity contribution in [3.8, 4) is 5.75 Å². The Morgan fingerprint density at radius 3 is 2.32 bits per heavy atom. The number of amides is 2. The first kappa shape index (κ1) is 23.7. The van der Waals surface area contributed by atoms with E-state index >= 15 is 0 Å². The minimum Gasteiger partial charge on any atom is -0.490 e. The number of piperidine rings is 1. The van der Waals surface area contributed by atoms with Gasteiger partial charge in [-0.1, -0.05) is 11.6 Å². The van der Waals surface area contributed by atoms with Crippen LogP contribution in [0.25, 0.3) is 0 Å². The summed E-state index contributed by atoms with van der Waals surface area (Å²) in [6.07, 6.45) is 5.37. The number of halogens is 1. The molecule has 2 amide bonds. The van der Waals surface area contributed by atoms with Gasteiger partial charge in [-0.25, -0.2) is 4.79 Å². The fraction of sp³-hybridized carbons (Fsp3) is 0.667. The third-order valence-corrected chi connectivity index (χ3v) is 6.32. The summed E-state index contributed by atoms with van der Waals surface area (Å²) < 4.78 is 11.5. The largest absolute Gasteiger partial charge is 0.490 e. The summed E-state index contributed by atoms with van der Waals surface area (Å²) in [4.78, 5) is 27.6. The molecule has 3 rings (SSSR count). The zero-order valence-corrected chi connectivity index (χ0v) is 20.1. The highest BCUT2D eigenvalue weighted by Crippen LogP contribution is 2.38. The summed E-state index contributed by atoms with van der Waals surface area (Å²) in [5.74, 6) is 1.94. The molecule has 0 spiro atoms. The van der Waals surface area contributed by atoms with Crippen LogP contribution < -0.4 is 4.74 Å². The van der Waals surface area contributed by atoms with Crippen LogP contribution in [0.2, 0.25) is 5.02 Å². The zero-order valence-electron chi connectivity index (χ0n) is 19.3. The van der Waals surface area contributed by atoms with Crippen LogP contribution >= 0.6 is 11.6 Å². The van der Waals surface area contributed by atoms with Gasteiger partial charge in [-0.05, 0) is 82.9 Å². The molecule has 2 aliphatic rings. The van der Waals surface area contributed by atoms with Crippen molar-refractivity contribution in [3.63, 3.8) is 0 Å². The molecule has 0 radical (unpaired) electrons. The van der Waals surface area contributed by atoms with Gasteiger partial charge in [0.1, 0.15) is 11.4 Å². The molecule has 1 aromatic carbocycles. The number of carbonyl (C=O) groups is 2. The van der Waals surface area contributed by atoms with Crippen molar-refractivity contribution in [2.24, 2.45) is 11.8 Å². The van der Waals surface area contributed by atoms with Gasteiger partial charge in [0.2, 0.25) is 0 Å². The maximum Gasteiger partial charge on any atom is 0.410 e. The number of hydrogen-bond donors (Lipinski definition) is 0. The van der Waals surface area contributed by atoms with Crippen molar-refractivity contribution >= 4 is 23.6 Å². The monoisotopic (exact) mass is 450 g/mol. The van der Waals surface area contributed by atoms with Crippen LogP contribution in [0.1, 0.15) is 63.2 Å². The highest BCUT2D eigenvalue weighted by atomic mass is 35.5. The van der Waals surface area contributed by atoms with E-state index in [4.69, 9.17) is 21.1 Å². The van der Waals surface area contributed by atoms with Gasteiger partial charge < -0.3 is 19.3 Å². The third kappa shape index (κ3) is 6.52. The Morgan fingerprint density at radius 1 is 1.13 bits per heavy atom. The molecule has 0 aromatic heterocycles. The molecule has 1 aliphatic carbocycles. The Labute approximate surface area is 190 Å². The molecule has 1 heterocycles. The summed E-state index contributed by atoms with van der Waals surface area (Å²) in [5, 5.41) is 0.420. The maximum absolute atomic E-state index is 12.2. The highest BCUT2D eigenvalue weighted by Gasteiger charge is 2.34. The highest BCUT2D eigenvalue weighted by molar-refractivity contribution is 6.34. The van der Waals surface area contributed by atoms with Gasteiger partial charge in [0, 0.05) is 27.2 Å². The molecule has 6 nitrogen and oxygen atoms in total. The number of benzene rings is 1. The van der Waals surface area contributed by atoms with E-state index in [9.17, 15) is 9.59 Å². The zero-order chi connectivity index (χ0) is 22.8. The molecular weight excluding hydrogens is 416 g/mol. The topological polar surface area (TPSA) is 59.1 Å². The van der Waals surface area contributed by atoms with Gasteiger partial charge in [-0.3, -0.25) is 4.79 Å². The number of ether oxygens (including phenoxy) is 2. The predicted molar refractivity (Wildman–Crippen MR) is 122 cm³/mol. The van der Waals surface area contributed by atoms with Gasteiger partial charge in [0.05, 0.1) is 16.7 Å². The second-order valence-electron chi connectivity index (χ2n) is 10.1. The Morgan fingerprint density at radius 2 is 1.77 bits per heavy atom. The van der Waals surface area contributed by atoms with Crippen LogP contribution in [0.5, 0.6) is 5.75 Å². The van der Waals surface area contributed by atoms with Crippen LogP contribution in [-0.4, -0.2) is 60.7 Å². The Bertz CT molecular complexity index is 791. The van der Waals surface area contributed by atoms with Gasteiger partial charge in [-0.15, -0.1) is 0 Å². The maximum atomic E-state index is 12.2. The Hall–Kier alpha value is -1.95. The molecule has 1 aromatic rings. The standard InChI is InChI=1S/C24H35ClN2O4/c1-24(2,3)31-23(29)27-10-8-16(9-11-27)12-17-13-19(14-17)30-18-6-7-20(21(25)15-18)22(28)26(4)5/h6-7,15-17,19H,8-14H2,1-5H3. The average molecular weight is 451 g/mol. The second kappa shape index (κ2) is 9.68. The van der Waals surface area contributed by atoms with Crippen LogP contribution in [0, 0.1) is 11.8 Å². The van der Waals surface area contributed by atoms with E-state index in [0.29, 0.717) is 22.4 Å². The second-order valence-corrected chi connectivity index (χ2v) is 10.5. The first-order valence-corrected chi connectivity index (χ1v) is 11.6. The quantitative estimate of drug-likeness (QED) is 0.615. The minimum atomic E-state index is -0.443. The average Bonchev–Trinajstić information content (AvgIpc) is 2.65. The number of likely N-dealkylation sites (tertiary alicyclic amines) is 1. The van der Waals surface area contributed by atoms with E-state index < -0.39 is 5.60 Å². The van der Waals surface area contributed by atoms with Gasteiger partial charge >= 0.3 is 6.09 Å². The number of carbonyl (C=O) groups excluding carboxylic acids is 2. The molecule has 31 heavy (non-hydrogen) atoms. The molecule has 0 bridgehead atoms. The lowest BCUT2D eigenvalue weighted by atomic mass is 9.74. The molecule has 2 fully saturated rings. The van der Waals surface area contributed by atoms with Crippen LogP contribution in [-0.2, 0) is 4.74 Å². The van der Waals surface area contributed by atoms with Crippen molar-refractivity contribution in [2.45, 2.75) is 64.6 Å². The van der Waals surface area contributed by atoms with Crippen LogP contribution in [0.15, 0.2) is 18.2 Å². The first-order chi connectivity index (χ1) is 14.5. The summed E-state index contributed by atoms with van der Waals surface area (Å²) >= 11 is 6.28. The van der Waals surface area contributed by atoms with E-state index in [0.717, 1.165) is 44.5 Å². The van der Waals surface area contributed by atoms with Gasteiger partial charge in [0.15, 0.2) is 0 Å². The minimum absolute atomic E-state index is 0.113. The van der Waals surface area contributed by atoms with Crippen LogP contribution in [0.4, 0.5) is 4.79 Å². The molecule has 172 valence electrons. The van der Waals surface area contributed by atoms with Crippen molar-refractivity contribution in [2.75, 3.05) is 27.2 Å². The normalized spacial score (nSPS) is 21.9. The molecule has 0 N–H and O–H groups in total. The predicted octanol–water partition coefficient (Wildman–Crippen LogP) is 5.24. The van der Waals surface area contributed by atoms with E-state index in [1.54, 1.807) is 26.2 Å². The Kier molecular flexibility index (Phi) is 7.40. The summed E-state index contributed by atoms with van der Waals surface area (Å²) in [7, 11) is 3.41. The molecule has 1 saturated carbocycles. The van der Waals surface area contributed by atoms with E-state index in [1.165, 1.54) is 11.3 Å². The van der Waals surface area contributed by atoms with Crippen molar-refractivity contribution in [3.05, 3.63) is 28.8 Å². The molecule has 0 atom stereocenters.